The van der Waals surface area contributed by atoms with Crippen molar-refractivity contribution in [1.82, 2.24) is 9.80 Å². The lowest BCUT2D eigenvalue weighted by Crippen LogP contribution is -2.51. The molecule has 0 aromatic rings. The number of carbonyl (C=O) groups is 1. The molecule has 1 aliphatic carbocycles. The van der Waals surface area contributed by atoms with Crippen LogP contribution in [0.5, 0.6) is 0 Å². The fourth-order valence-electron chi connectivity index (χ4n) is 2.96. The number of amides is 1. The van der Waals surface area contributed by atoms with Gasteiger partial charge < -0.3 is 15.7 Å². The van der Waals surface area contributed by atoms with Gasteiger partial charge >= 0.3 is 0 Å². The zero-order chi connectivity index (χ0) is 13.0. The fraction of sp³-hybridized carbons (Fsp3) is 0.923. The van der Waals surface area contributed by atoms with Crippen LogP contribution in [0.2, 0.25) is 0 Å². The molecule has 0 unspecified atom stereocenters. The molecule has 18 heavy (non-hydrogen) atoms. The van der Waals surface area contributed by atoms with Gasteiger partial charge in [0.1, 0.15) is 0 Å². The molecule has 0 bridgehead atoms. The topological polar surface area (TPSA) is 69.8 Å². The highest BCUT2D eigenvalue weighted by atomic mass is 16.3. The maximum Gasteiger partial charge on any atom is 0.225 e. The lowest BCUT2D eigenvalue weighted by atomic mass is 9.85. The number of aliphatic hydroxyl groups is 1. The summed E-state index contributed by atoms with van der Waals surface area (Å²) >= 11 is 0. The molecule has 0 aromatic carbocycles. The third-order valence-electron chi connectivity index (χ3n) is 4.22. The van der Waals surface area contributed by atoms with Crippen LogP contribution in [0.15, 0.2) is 0 Å². The molecule has 5 nitrogen and oxygen atoms in total. The summed E-state index contributed by atoms with van der Waals surface area (Å²) < 4.78 is 0. The van der Waals surface area contributed by atoms with E-state index in [-0.39, 0.29) is 12.5 Å². The van der Waals surface area contributed by atoms with Crippen molar-refractivity contribution in [1.29, 1.82) is 0 Å². The van der Waals surface area contributed by atoms with E-state index in [2.05, 4.69) is 4.90 Å². The van der Waals surface area contributed by atoms with Crippen LogP contribution in [-0.2, 0) is 4.79 Å². The van der Waals surface area contributed by atoms with E-state index in [1.165, 1.54) is 0 Å². The van der Waals surface area contributed by atoms with Gasteiger partial charge in [0, 0.05) is 44.7 Å². The molecule has 0 aromatic heterocycles. The van der Waals surface area contributed by atoms with Crippen molar-refractivity contribution in [3.05, 3.63) is 0 Å². The Bertz CT molecular complexity index is 269. The minimum Gasteiger partial charge on any atom is -0.395 e. The third-order valence-corrected chi connectivity index (χ3v) is 4.22. The second-order valence-corrected chi connectivity index (χ2v) is 5.50. The van der Waals surface area contributed by atoms with Gasteiger partial charge in [-0.3, -0.25) is 9.69 Å². The van der Waals surface area contributed by atoms with Gasteiger partial charge in [-0.25, -0.2) is 0 Å². The van der Waals surface area contributed by atoms with Gasteiger partial charge in [0.05, 0.1) is 6.61 Å². The first-order valence-corrected chi connectivity index (χ1v) is 7.08. The predicted molar refractivity (Wildman–Crippen MR) is 70.0 cm³/mol. The van der Waals surface area contributed by atoms with Crippen LogP contribution >= 0.6 is 0 Å². The molecule has 0 spiro atoms. The summed E-state index contributed by atoms with van der Waals surface area (Å²) in [6.45, 7) is 4.31. The number of nitrogens with zero attached hydrogens (tertiary/aromatic N) is 2. The number of hydrogen-bond acceptors (Lipinski definition) is 4. The molecule has 1 heterocycles. The van der Waals surface area contributed by atoms with E-state index < -0.39 is 0 Å². The monoisotopic (exact) mass is 255 g/mol. The Kier molecular flexibility index (Phi) is 4.97. The van der Waals surface area contributed by atoms with E-state index in [9.17, 15) is 4.79 Å². The van der Waals surface area contributed by atoms with Crippen LogP contribution in [0.25, 0.3) is 0 Å². The summed E-state index contributed by atoms with van der Waals surface area (Å²) in [5.74, 6) is 0.528. The van der Waals surface area contributed by atoms with E-state index in [1.807, 2.05) is 4.90 Å². The lowest BCUT2D eigenvalue weighted by molar-refractivity contribution is -0.138. The Hall–Kier alpha value is -0.650. The maximum absolute atomic E-state index is 12.3. The summed E-state index contributed by atoms with van der Waals surface area (Å²) in [5.41, 5.74) is 5.87. The Balaban J connectivity index is 1.77. The Morgan fingerprint density at radius 2 is 1.72 bits per heavy atom. The molecule has 0 radical (unpaired) electrons. The Morgan fingerprint density at radius 3 is 2.28 bits per heavy atom. The quantitative estimate of drug-likeness (QED) is 0.722. The van der Waals surface area contributed by atoms with Crippen LogP contribution in [0.1, 0.15) is 25.7 Å². The first kappa shape index (κ1) is 13.8. The highest BCUT2D eigenvalue weighted by molar-refractivity contribution is 5.79. The first-order chi connectivity index (χ1) is 8.70. The Morgan fingerprint density at radius 1 is 1.11 bits per heavy atom. The highest BCUT2D eigenvalue weighted by Gasteiger charge is 2.29. The number of β-amino-alcohol motifs (C(OH)–C–C–N with tert-alkyl or cyclic N) is 1. The minimum atomic E-state index is 0.203. The lowest BCUT2D eigenvalue weighted by Gasteiger charge is -2.37. The molecular weight excluding hydrogens is 230 g/mol. The van der Waals surface area contributed by atoms with Gasteiger partial charge in [-0.15, -0.1) is 0 Å². The van der Waals surface area contributed by atoms with E-state index in [0.717, 1.165) is 58.4 Å². The maximum atomic E-state index is 12.3. The second-order valence-electron chi connectivity index (χ2n) is 5.50. The van der Waals surface area contributed by atoms with Gasteiger partial charge in [-0.05, 0) is 25.7 Å². The fourth-order valence-corrected chi connectivity index (χ4v) is 2.96. The third kappa shape index (κ3) is 3.43. The van der Waals surface area contributed by atoms with Crippen LogP contribution in [0.3, 0.4) is 0 Å². The standard InChI is InChI=1S/C13H25N3O2/c14-12-3-1-11(2-4-12)13(18)16-7-5-15(6-8-16)9-10-17/h11-12,17H,1-10,14H2/t11-,12-. The van der Waals surface area contributed by atoms with Crippen LogP contribution < -0.4 is 5.73 Å². The van der Waals surface area contributed by atoms with Crippen LogP contribution in [-0.4, -0.2) is 66.2 Å². The van der Waals surface area contributed by atoms with Gasteiger partial charge in [0.2, 0.25) is 5.91 Å². The predicted octanol–water partition coefficient (Wildman–Crippen LogP) is -0.360. The summed E-state index contributed by atoms with van der Waals surface area (Å²) in [4.78, 5) is 16.5. The normalized spacial score (nSPS) is 30.4. The average molecular weight is 255 g/mol. The van der Waals surface area contributed by atoms with Gasteiger partial charge in [-0.1, -0.05) is 0 Å². The van der Waals surface area contributed by atoms with Gasteiger partial charge in [0.25, 0.3) is 0 Å². The first-order valence-electron chi connectivity index (χ1n) is 7.08. The van der Waals surface area contributed by atoms with E-state index in [0.29, 0.717) is 11.9 Å². The SMILES string of the molecule is N[C@H]1CC[C@H](C(=O)N2CCN(CCO)CC2)CC1. The zero-order valence-electron chi connectivity index (χ0n) is 11.1. The Labute approximate surface area is 109 Å². The van der Waals surface area contributed by atoms with E-state index in [1.54, 1.807) is 0 Å². The molecule has 1 amide bonds. The molecule has 2 fully saturated rings. The molecule has 5 heteroatoms. The molecular formula is C13H25N3O2. The van der Waals surface area contributed by atoms with E-state index >= 15 is 0 Å². The summed E-state index contributed by atoms with van der Waals surface area (Å²) in [7, 11) is 0. The number of rotatable bonds is 3. The number of nitrogens with two attached hydrogens (primary N) is 1. The number of carbonyl (C=O) groups excluding carboxylic acids is 1. The molecule has 0 atom stereocenters. The largest absolute Gasteiger partial charge is 0.395 e. The highest BCUT2D eigenvalue weighted by Crippen LogP contribution is 2.25. The van der Waals surface area contributed by atoms with Gasteiger partial charge in [-0.2, -0.15) is 0 Å². The molecule has 1 saturated carbocycles. The smallest absolute Gasteiger partial charge is 0.225 e. The van der Waals surface area contributed by atoms with Crippen molar-refractivity contribution in [2.24, 2.45) is 11.7 Å². The summed E-state index contributed by atoms with van der Waals surface area (Å²) in [5, 5.41) is 8.89. The molecule has 3 N–H and O–H groups in total. The minimum absolute atomic E-state index is 0.203. The molecule has 2 rings (SSSR count). The van der Waals surface area contributed by atoms with Crippen molar-refractivity contribution in [3.8, 4) is 0 Å². The molecule has 1 saturated heterocycles. The molecule has 2 aliphatic rings. The second kappa shape index (κ2) is 6.50. The number of aliphatic hydroxyl groups excluding tert-OH is 1. The zero-order valence-corrected chi connectivity index (χ0v) is 11.1. The van der Waals surface area contributed by atoms with Crippen molar-refractivity contribution < 1.29 is 9.90 Å². The molecule has 104 valence electrons. The van der Waals surface area contributed by atoms with E-state index in [4.69, 9.17) is 10.8 Å². The summed E-state index contributed by atoms with van der Waals surface area (Å²) in [6.07, 6.45) is 3.88. The number of piperazine rings is 1. The van der Waals surface area contributed by atoms with Gasteiger partial charge in [0.15, 0.2) is 0 Å². The van der Waals surface area contributed by atoms with Crippen molar-refractivity contribution >= 4 is 5.91 Å². The van der Waals surface area contributed by atoms with Crippen molar-refractivity contribution in [2.45, 2.75) is 31.7 Å². The molecule has 1 aliphatic heterocycles. The van der Waals surface area contributed by atoms with Crippen molar-refractivity contribution in [2.75, 3.05) is 39.3 Å². The van der Waals surface area contributed by atoms with Crippen molar-refractivity contribution in [3.63, 3.8) is 0 Å². The summed E-state index contributed by atoms with van der Waals surface area (Å²) in [6, 6.07) is 0.301. The number of hydrogen-bond donors (Lipinski definition) is 2. The van der Waals surface area contributed by atoms with Crippen LogP contribution in [0.4, 0.5) is 0 Å². The van der Waals surface area contributed by atoms with Crippen LogP contribution in [0, 0.1) is 5.92 Å². The average Bonchev–Trinajstić information content (AvgIpc) is 2.40.